The van der Waals surface area contributed by atoms with Gasteiger partial charge in [0.2, 0.25) is 0 Å². The molecule has 2 rings (SSSR count). The highest BCUT2D eigenvalue weighted by Gasteiger charge is 2.11. The lowest BCUT2D eigenvalue weighted by molar-refractivity contribution is 0.375. The highest BCUT2D eigenvalue weighted by molar-refractivity contribution is 5.16. The Morgan fingerprint density at radius 3 is 2.75 bits per heavy atom. The van der Waals surface area contributed by atoms with Crippen LogP contribution in [0.2, 0.25) is 0 Å². The van der Waals surface area contributed by atoms with Gasteiger partial charge in [0, 0.05) is 6.04 Å². The normalized spacial score (nSPS) is 17.6. The summed E-state index contributed by atoms with van der Waals surface area (Å²) in [7, 11) is 0. The summed E-state index contributed by atoms with van der Waals surface area (Å²) in [6.07, 6.45) is 7.65. The maximum absolute atomic E-state index is 12.9. The van der Waals surface area contributed by atoms with Gasteiger partial charge >= 0.3 is 0 Å². The molecule has 1 aliphatic carbocycles. The smallest absolute Gasteiger partial charge is 0.123 e. The Bertz CT molecular complexity index is 318. The molecule has 1 saturated carbocycles. The maximum atomic E-state index is 12.9. The largest absolute Gasteiger partial charge is 0.314 e. The van der Waals surface area contributed by atoms with Gasteiger partial charge in [0.05, 0.1) is 0 Å². The molecule has 0 radical (unpaired) electrons. The average Bonchev–Trinajstić information content (AvgIpc) is 2.30. The third-order valence-electron chi connectivity index (χ3n) is 3.34. The van der Waals surface area contributed by atoms with Crippen LogP contribution >= 0.6 is 0 Å². The molecular formula is C14H20FN. The Balaban J connectivity index is 1.71. The Kier molecular flexibility index (Phi) is 4.34. The summed E-state index contributed by atoms with van der Waals surface area (Å²) >= 11 is 0. The summed E-state index contributed by atoms with van der Waals surface area (Å²) in [5.41, 5.74) is 1.09. The molecule has 0 bridgehead atoms. The molecule has 0 atom stereocenters. The fourth-order valence-electron chi connectivity index (χ4n) is 2.42. The minimum atomic E-state index is -0.129. The first kappa shape index (κ1) is 11.6. The molecule has 1 nitrogen and oxygen atoms in total. The van der Waals surface area contributed by atoms with Crippen LogP contribution < -0.4 is 5.32 Å². The summed E-state index contributed by atoms with van der Waals surface area (Å²) < 4.78 is 12.9. The summed E-state index contributed by atoms with van der Waals surface area (Å²) in [4.78, 5) is 0. The number of hydrogen-bond acceptors (Lipinski definition) is 1. The van der Waals surface area contributed by atoms with Gasteiger partial charge in [-0.15, -0.1) is 0 Å². The van der Waals surface area contributed by atoms with E-state index in [0.29, 0.717) is 6.04 Å². The molecule has 1 aliphatic rings. The van der Waals surface area contributed by atoms with E-state index in [1.54, 1.807) is 12.1 Å². The summed E-state index contributed by atoms with van der Waals surface area (Å²) in [5, 5.41) is 3.57. The van der Waals surface area contributed by atoms with Gasteiger partial charge in [-0.3, -0.25) is 0 Å². The van der Waals surface area contributed by atoms with Gasteiger partial charge in [0.25, 0.3) is 0 Å². The van der Waals surface area contributed by atoms with Crippen molar-refractivity contribution < 1.29 is 4.39 Å². The van der Waals surface area contributed by atoms with Gasteiger partial charge in [-0.1, -0.05) is 31.4 Å². The fraction of sp³-hybridized carbons (Fsp3) is 0.571. The number of nitrogens with one attached hydrogen (secondary N) is 1. The highest BCUT2D eigenvalue weighted by Crippen LogP contribution is 2.17. The molecule has 0 aromatic heterocycles. The third-order valence-corrected chi connectivity index (χ3v) is 3.34. The average molecular weight is 221 g/mol. The minimum absolute atomic E-state index is 0.129. The van der Waals surface area contributed by atoms with Crippen LogP contribution in [0.1, 0.15) is 37.7 Å². The van der Waals surface area contributed by atoms with E-state index in [1.807, 2.05) is 6.07 Å². The molecule has 1 aromatic carbocycles. The first-order valence-electron chi connectivity index (χ1n) is 6.32. The Morgan fingerprint density at radius 2 is 2.00 bits per heavy atom. The van der Waals surface area contributed by atoms with Crippen LogP contribution in [0.4, 0.5) is 4.39 Å². The first-order valence-corrected chi connectivity index (χ1v) is 6.32. The van der Waals surface area contributed by atoms with Gasteiger partial charge in [-0.05, 0) is 43.5 Å². The predicted octanol–water partition coefficient (Wildman–Crippen LogP) is 3.29. The van der Waals surface area contributed by atoms with E-state index in [9.17, 15) is 4.39 Å². The van der Waals surface area contributed by atoms with Crippen molar-refractivity contribution in [3.05, 3.63) is 35.6 Å². The van der Waals surface area contributed by atoms with E-state index in [2.05, 4.69) is 5.32 Å². The number of rotatable bonds is 4. The van der Waals surface area contributed by atoms with Gasteiger partial charge in [0.1, 0.15) is 5.82 Å². The molecule has 16 heavy (non-hydrogen) atoms. The highest BCUT2D eigenvalue weighted by atomic mass is 19.1. The molecule has 0 heterocycles. The minimum Gasteiger partial charge on any atom is -0.314 e. The third kappa shape index (κ3) is 3.60. The second kappa shape index (κ2) is 6.00. The summed E-state index contributed by atoms with van der Waals surface area (Å²) in [6, 6.07) is 7.60. The van der Waals surface area contributed by atoms with E-state index in [4.69, 9.17) is 0 Å². The quantitative estimate of drug-likeness (QED) is 0.822. The van der Waals surface area contributed by atoms with E-state index in [-0.39, 0.29) is 5.82 Å². The van der Waals surface area contributed by atoms with Crippen molar-refractivity contribution in [2.75, 3.05) is 6.54 Å². The molecule has 0 amide bonds. The van der Waals surface area contributed by atoms with Crippen LogP contribution in [-0.2, 0) is 6.42 Å². The van der Waals surface area contributed by atoms with E-state index < -0.39 is 0 Å². The molecule has 1 fully saturated rings. The molecule has 0 aliphatic heterocycles. The van der Waals surface area contributed by atoms with Crippen molar-refractivity contribution >= 4 is 0 Å². The molecular weight excluding hydrogens is 201 g/mol. The number of benzene rings is 1. The summed E-state index contributed by atoms with van der Waals surface area (Å²) in [6.45, 7) is 0.966. The molecule has 2 heteroatoms. The van der Waals surface area contributed by atoms with Crippen molar-refractivity contribution in [3.63, 3.8) is 0 Å². The summed E-state index contributed by atoms with van der Waals surface area (Å²) in [5.74, 6) is -0.129. The Hall–Kier alpha value is -0.890. The maximum Gasteiger partial charge on any atom is 0.123 e. The SMILES string of the molecule is Fc1cccc(CCNC2CCCCC2)c1. The monoisotopic (exact) mass is 221 g/mol. The van der Waals surface area contributed by atoms with E-state index in [0.717, 1.165) is 18.5 Å². The lowest BCUT2D eigenvalue weighted by Crippen LogP contribution is -2.32. The number of hydrogen-bond donors (Lipinski definition) is 1. The molecule has 0 spiro atoms. The lowest BCUT2D eigenvalue weighted by atomic mass is 9.95. The van der Waals surface area contributed by atoms with Crippen LogP contribution in [0, 0.1) is 5.82 Å². The standard InChI is InChI=1S/C14H20FN/c15-13-6-4-5-12(11-13)9-10-16-14-7-2-1-3-8-14/h4-6,11,14,16H,1-3,7-10H2. The van der Waals surface area contributed by atoms with Crippen LogP contribution in [-0.4, -0.2) is 12.6 Å². The zero-order valence-corrected chi connectivity index (χ0v) is 9.71. The van der Waals surface area contributed by atoms with Crippen LogP contribution in [0.3, 0.4) is 0 Å². The van der Waals surface area contributed by atoms with Crippen molar-refractivity contribution in [1.29, 1.82) is 0 Å². The number of halogens is 1. The molecule has 0 saturated heterocycles. The predicted molar refractivity (Wildman–Crippen MR) is 65.0 cm³/mol. The van der Waals surface area contributed by atoms with E-state index >= 15 is 0 Å². The van der Waals surface area contributed by atoms with Gasteiger partial charge in [0.15, 0.2) is 0 Å². The van der Waals surface area contributed by atoms with E-state index in [1.165, 1.54) is 38.2 Å². The second-order valence-corrected chi connectivity index (χ2v) is 4.67. The van der Waals surface area contributed by atoms with Crippen molar-refractivity contribution in [3.8, 4) is 0 Å². The second-order valence-electron chi connectivity index (χ2n) is 4.67. The van der Waals surface area contributed by atoms with Crippen LogP contribution in [0.25, 0.3) is 0 Å². The van der Waals surface area contributed by atoms with Crippen molar-refractivity contribution in [1.82, 2.24) is 5.32 Å². The Labute approximate surface area is 97.1 Å². The molecule has 1 N–H and O–H groups in total. The molecule has 1 aromatic rings. The van der Waals surface area contributed by atoms with Gasteiger partial charge < -0.3 is 5.32 Å². The fourth-order valence-corrected chi connectivity index (χ4v) is 2.42. The molecule has 88 valence electrons. The lowest BCUT2D eigenvalue weighted by Gasteiger charge is -2.22. The van der Waals surface area contributed by atoms with Gasteiger partial charge in [-0.2, -0.15) is 0 Å². The van der Waals surface area contributed by atoms with Crippen LogP contribution in [0.5, 0.6) is 0 Å². The molecule has 0 unspecified atom stereocenters. The van der Waals surface area contributed by atoms with Crippen molar-refractivity contribution in [2.24, 2.45) is 0 Å². The van der Waals surface area contributed by atoms with Crippen molar-refractivity contribution in [2.45, 2.75) is 44.6 Å². The first-order chi connectivity index (χ1) is 7.84. The zero-order valence-electron chi connectivity index (χ0n) is 9.71. The van der Waals surface area contributed by atoms with Crippen LogP contribution in [0.15, 0.2) is 24.3 Å². The Morgan fingerprint density at radius 1 is 1.19 bits per heavy atom. The zero-order chi connectivity index (χ0) is 11.2. The topological polar surface area (TPSA) is 12.0 Å². The van der Waals surface area contributed by atoms with Gasteiger partial charge in [-0.25, -0.2) is 4.39 Å².